The number of thioether (sulfide) groups is 2. The molecule has 0 aromatic carbocycles. The van der Waals surface area contributed by atoms with E-state index in [-0.39, 0.29) is 11.2 Å². The Balaban J connectivity index is 1.63. The summed E-state index contributed by atoms with van der Waals surface area (Å²) in [6.07, 6.45) is -1.05. The second-order valence-corrected chi connectivity index (χ2v) is 10.00. The Bertz CT molecular complexity index is 540. The Labute approximate surface area is 161 Å². The predicted molar refractivity (Wildman–Crippen MR) is 101 cm³/mol. The van der Waals surface area contributed by atoms with Crippen molar-refractivity contribution in [3.8, 4) is 0 Å². The van der Waals surface area contributed by atoms with Gasteiger partial charge in [-0.05, 0) is 12.8 Å². The number of nitrogens with one attached hydrogen (secondary N) is 2. The molecule has 0 aliphatic carbocycles. The SMILES string of the molecule is C[C@@H]1[C@H]([C@H](C(=O)O)[C@@H](C)O)N[C@H](C(=O)O)[C@H]1SC1CN(C2NCCS2)C1. The molecule has 0 amide bonds. The minimum Gasteiger partial charge on any atom is -0.481 e. The lowest BCUT2D eigenvalue weighted by molar-refractivity contribution is -0.147. The molecule has 26 heavy (non-hydrogen) atoms. The number of carboxylic acids is 2. The van der Waals surface area contributed by atoms with Gasteiger partial charge in [-0.25, -0.2) is 0 Å². The van der Waals surface area contributed by atoms with Gasteiger partial charge in [0.1, 0.15) is 11.5 Å². The highest BCUT2D eigenvalue weighted by atomic mass is 32.2. The third kappa shape index (κ3) is 4.00. The van der Waals surface area contributed by atoms with Crippen LogP contribution in [0.15, 0.2) is 0 Å². The van der Waals surface area contributed by atoms with Crippen LogP contribution in [0.25, 0.3) is 0 Å². The van der Waals surface area contributed by atoms with Crippen molar-refractivity contribution in [3.05, 3.63) is 0 Å². The zero-order chi connectivity index (χ0) is 19.0. The maximum absolute atomic E-state index is 11.7. The second kappa shape index (κ2) is 8.24. The van der Waals surface area contributed by atoms with Crippen molar-refractivity contribution in [3.63, 3.8) is 0 Å². The van der Waals surface area contributed by atoms with E-state index in [1.165, 1.54) is 6.92 Å². The number of aliphatic hydroxyl groups excluding tert-OH is 1. The molecule has 8 nitrogen and oxygen atoms in total. The minimum absolute atomic E-state index is 0.162. The van der Waals surface area contributed by atoms with Gasteiger partial charge in [-0.1, -0.05) is 6.92 Å². The largest absolute Gasteiger partial charge is 0.481 e. The molecular weight excluding hydrogens is 378 g/mol. The first-order valence-electron chi connectivity index (χ1n) is 8.93. The Morgan fingerprint density at radius 2 is 2.00 bits per heavy atom. The number of rotatable bonds is 7. The van der Waals surface area contributed by atoms with Gasteiger partial charge in [0.05, 0.1) is 12.0 Å². The Morgan fingerprint density at radius 3 is 2.50 bits per heavy atom. The Morgan fingerprint density at radius 1 is 1.31 bits per heavy atom. The smallest absolute Gasteiger partial charge is 0.321 e. The molecule has 7 atom stereocenters. The van der Waals surface area contributed by atoms with Gasteiger partial charge in [0.15, 0.2) is 0 Å². The van der Waals surface area contributed by atoms with Crippen molar-refractivity contribution in [1.29, 1.82) is 0 Å². The van der Waals surface area contributed by atoms with Crippen molar-refractivity contribution in [2.24, 2.45) is 11.8 Å². The zero-order valence-electron chi connectivity index (χ0n) is 14.9. The van der Waals surface area contributed by atoms with Crippen molar-refractivity contribution in [1.82, 2.24) is 15.5 Å². The summed E-state index contributed by atoms with van der Waals surface area (Å²) < 4.78 is 0. The molecule has 0 aromatic heterocycles. The molecule has 3 aliphatic rings. The molecule has 3 aliphatic heterocycles. The third-order valence-electron chi connectivity index (χ3n) is 5.50. The van der Waals surface area contributed by atoms with Gasteiger partial charge >= 0.3 is 11.9 Å². The zero-order valence-corrected chi connectivity index (χ0v) is 16.5. The quantitative estimate of drug-likeness (QED) is 0.380. The number of aliphatic hydroxyl groups is 1. The maximum atomic E-state index is 11.7. The van der Waals surface area contributed by atoms with Crippen molar-refractivity contribution in [2.45, 2.75) is 48.0 Å². The maximum Gasteiger partial charge on any atom is 0.321 e. The van der Waals surface area contributed by atoms with Crippen LogP contribution in [0.1, 0.15) is 13.8 Å². The van der Waals surface area contributed by atoms with E-state index in [2.05, 4.69) is 15.5 Å². The van der Waals surface area contributed by atoms with E-state index in [4.69, 9.17) is 0 Å². The van der Waals surface area contributed by atoms with Crippen LogP contribution in [0, 0.1) is 11.8 Å². The van der Waals surface area contributed by atoms with Crippen molar-refractivity contribution >= 4 is 35.5 Å². The topological polar surface area (TPSA) is 122 Å². The number of carbonyl (C=O) groups is 2. The molecule has 0 bridgehead atoms. The summed E-state index contributed by atoms with van der Waals surface area (Å²) >= 11 is 3.54. The monoisotopic (exact) mass is 405 g/mol. The fraction of sp³-hybridized carbons (Fsp3) is 0.875. The van der Waals surface area contributed by atoms with Gasteiger partial charge in [0.2, 0.25) is 0 Å². The van der Waals surface area contributed by atoms with Gasteiger partial charge in [-0.2, -0.15) is 0 Å². The van der Waals surface area contributed by atoms with E-state index < -0.39 is 36.0 Å². The highest BCUT2D eigenvalue weighted by Gasteiger charge is 2.51. The van der Waals surface area contributed by atoms with Crippen LogP contribution in [0.5, 0.6) is 0 Å². The summed E-state index contributed by atoms with van der Waals surface area (Å²) in [7, 11) is 0. The van der Waals surface area contributed by atoms with E-state index in [0.717, 1.165) is 25.4 Å². The summed E-state index contributed by atoms with van der Waals surface area (Å²) in [6, 6.07) is -1.36. The molecule has 5 N–H and O–H groups in total. The Kier molecular flexibility index (Phi) is 6.41. The van der Waals surface area contributed by atoms with Crippen LogP contribution >= 0.6 is 23.5 Å². The molecule has 148 valence electrons. The molecule has 3 saturated heterocycles. The normalized spacial score (nSPS) is 38.0. The molecule has 0 aromatic rings. The average molecular weight is 406 g/mol. The lowest BCUT2D eigenvalue weighted by Crippen LogP contribution is -2.57. The third-order valence-corrected chi connectivity index (χ3v) is 8.42. The summed E-state index contributed by atoms with van der Waals surface area (Å²) in [6.45, 7) is 6.18. The summed E-state index contributed by atoms with van der Waals surface area (Å²) in [5, 5.41) is 35.5. The predicted octanol–water partition coefficient (Wildman–Crippen LogP) is -0.465. The second-order valence-electron chi connectivity index (χ2n) is 7.33. The number of nitrogens with zero attached hydrogens (tertiary/aromatic N) is 1. The first kappa shape index (κ1) is 20.2. The summed E-state index contributed by atoms with van der Waals surface area (Å²) in [5.74, 6) is -2.13. The first-order chi connectivity index (χ1) is 12.3. The van der Waals surface area contributed by atoms with E-state index in [1.54, 1.807) is 11.8 Å². The minimum atomic E-state index is -1.10. The molecule has 0 saturated carbocycles. The van der Waals surface area contributed by atoms with Crippen molar-refractivity contribution < 1.29 is 24.9 Å². The van der Waals surface area contributed by atoms with E-state index >= 15 is 0 Å². The molecule has 3 rings (SSSR count). The van der Waals surface area contributed by atoms with Crippen LogP contribution in [-0.4, -0.2) is 91.7 Å². The Hall–Kier alpha value is -0.520. The number of likely N-dealkylation sites (tertiary alicyclic amines) is 1. The number of aliphatic carboxylic acids is 2. The van der Waals surface area contributed by atoms with Crippen LogP contribution in [-0.2, 0) is 9.59 Å². The molecule has 10 heteroatoms. The van der Waals surface area contributed by atoms with Crippen LogP contribution in [0.3, 0.4) is 0 Å². The summed E-state index contributed by atoms with van der Waals surface area (Å²) in [5.41, 5.74) is 0.362. The molecule has 3 heterocycles. The van der Waals surface area contributed by atoms with Gasteiger partial charge in [-0.15, -0.1) is 23.5 Å². The summed E-state index contributed by atoms with van der Waals surface area (Å²) in [4.78, 5) is 25.6. The van der Waals surface area contributed by atoms with E-state index in [1.807, 2.05) is 18.7 Å². The lowest BCUT2D eigenvalue weighted by Gasteiger charge is -2.43. The molecule has 1 unspecified atom stereocenters. The highest BCUT2D eigenvalue weighted by molar-refractivity contribution is 8.01. The highest BCUT2D eigenvalue weighted by Crippen LogP contribution is 2.40. The molecule has 0 spiro atoms. The fourth-order valence-corrected chi connectivity index (χ4v) is 6.93. The van der Waals surface area contributed by atoms with Crippen molar-refractivity contribution in [2.75, 3.05) is 25.4 Å². The first-order valence-corrected chi connectivity index (χ1v) is 10.9. The molecule has 0 radical (unpaired) electrons. The van der Waals surface area contributed by atoms with Gasteiger partial charge in [0, 0.05) is 41.9 Å². The average Bonchev–Trinajstić information content (AvgIpc) is 3.12. The number of hydrogen-bond acceptors (Lipinski definition) is 8. The number of carboxylic acid groups (broad SMARTS) is 2. The standard InChI is InChI=1S/C16H27N3O5S2/c1-7-11(10(8(2)20)14(21)22)18-12(15(23)24)13(7)26-9-5-19(6-9)16-17-3-4-25-16/h7-13,16-18,20H,3-6H2,1-2H3,(H,21,22)(H,23,24)/t7-,8-,10-,11-,12+,13+,16?/m1/s1. The van der Waals surface area contributed by atoms with Gasteiger partial charge < -0.3 is 15.3 Å². The van der Waals surface area contributed by atoms with Crippen LogP contribution in [0.2, 0.25) is 0 Å². The van der Waals surface area contributed by atoms with Gasteiger partial charge in [-0.3, -0.25) is 25.1 Å². The number of hydrogen-bond donors (Lipinski definition) is 5. The molecular formula is C16H27N3O5S2. The van der Waals surface area contributed by atoms with E-state index in [0.29, 0.717) is 10.7 Å². The van der Waals surface area contributed by atoms with Crippen LogP contribution < -0.4 is 10.6 Å². The van der Waals surface area contributed by atoms with Crippen LogP contribution in [0.4, 0.5) is 0 Å². The van der Waals surface area contributed by atoms with E-state index in [9.17, 15) is 24.9 Å². The fourth-order valence-electron chi connectivity index (χ4n) is 4.08. The lowest BCUT2D eigenvalue weighted by atomic mass is 9.87. The molecule has 3 fully saturated rings. The van der Waals surface area contributed by atoms with Gasteiger partial charge in [0.25, 0.3) is 0 Å².